The lowest BCUT2D eigenvalue weighted by Gasteiger charge is -2.26. The number of imidazole rings is 1. The van der Waals surface area contributed by atoms with E-state index in [-0.39, 0.29) is 11.3 Å². The minimum absolute atomic E-state index is 0.0334. The zero-order valence-corrected chi connectivity index (χ0v) is 21.9. The summed E-state index contributed by atoms with van der Waals surface area (Å²) in [5.41, 5.74) is 1.09. The van der Waals surface area contributed by atoms with E-state index in [1.54, 1.807) is 62.1 Å². The predicted octanol–water partition coefficient (Wildman–Crippen LogP) is 4.59. The molecule has 1 aromatic heterocycles. The highest BCUT2D eigenvalue weighted by Crippen LogP contribution is 2.42. The maximum atomic E-state index is 13.3. The summed E-state index contributed by atoms with van der Waals surface area (Å²) in [6.07, 6.45) is 6.67. The smallest absolute Gasteiger partial charge is 0.295 e. The van der Waals surface area contributed by atoms with Crippen molar-refractivity contribution in [1.29, 1.82) is 0 Å². The molecule has 9 nitrogen and oxygen atoms in total. The van der Waals surface area contributed by atoms with Crippen LogP contribution in [0.4, 0.5) is 0 Å². The molecule has 1 N–H and O–H groups in total. The molecule has 0 spiro atoms. The molecule has 2 heterocycles. The summed E-state index contributed by atoms with van der Waals surface area (Å²) in [5.74, 6) is 0.0853. The molecule has 200 valence electrons. The van der Waals surface area contributed by atoms with E-state index in [2.05, 4.69) is 4.98 Å². The lowest BCUT2D eigenvalue weighted by atomic mass is 9.95. The number of methoxy groups -OCH3 is 1. The van der Waals surface area contributed by atoms with Crippen molar-refractivity contribution in [3.63, 3.8) is 0 Å². The number of aliphatic hydroxyl groups excluding tert-OH is 1. The Morgan fingerprint density at radius 3 is 2.47 bits per heavy atom. The van der Waals surface area contributed by atoms with Crippen LogP contribution in [0.3, 0.4) is 0 Å². The van der Waals surface area contributed by atoms with Gasteiger partial charge in [0.15, 0.2) is 11.5 Å². The number of hydrogen-bond acceptors (Lipinski definition) is 7. The summed E-state index contributed by atoms with van der Waals surface area (Å²) in [4.78, 5) is 32.2. The third-order valence-electron chi connectivity index (χ3n) is 6.32. The van der Waals surface area contributed by atoms with E-state index in [4.69, 9.17) is 14.2 Å². The van der Waals surface area contributed by atoms with Crippen LogP contribution in [0.2, 0.25) is 0 Å². The monoisotopic (exact) mass is 519 g/mol. The van der Waals surface area contributed by atoms with E-state index in [1.165, 1.54) is 4.90 Å². The fraction of sp³-hybridized carbons (Fsp3) is 0.345. The first kappa shape index (κ1) is 26.8. The van der Waals surface area contributed by atoms with Gasteiger partial charge in [0.25, 0.3) is 11.7 Å². The molecule has 3 aromatic rings. The first-order valence-corrected chi connectivity index (χ1v) is 12.8. The average molecular weight is 520 g/mol. The number of rotatable bonds is 12. The molecule has 1 aliphatic heterocycles. The summed E-state index contributed by atoms with van der Waals surface area (Å²) in [5, 5.41) is 11.3. The van der Waals surface area contributed by atoms with Crippen LogP contribution in [0.5, 0.6) is 17.2 Å². The van der Waals surface area contributed by atoms with Crippen LogP contribution in [-0.4, -0.2) is 58.1 Å². The number of aryl methyl sites for hydroxylation is 1. The van der Waals surface area contributed by atoms with Crippen molar-refractivity contribution in [2.45, 2.75) is 39.3 Å². The van der Waals surface area contributed by atoms with Gasteiger partial charge in [-0.25, -0.2) is 4.98 Å². The van der Waals surface area contributed by atoms with Crippen LogP contribution in [0.15, 0.2) is 66.8 Å². The molecule has 1 unspecified atom stereocenters. The second-order valence-corrected chi connectivity index (χ2v) is 8.86. The number of ketones is 1. The number of hydrogen-bond donors (Lipinski definition) is 1. The topological polar surface area (TPSA) is 103 Å². The van der Waals surface area contributed by atoms with Crippen molar-refractivity contribution in [3.05, 3.63) is 77.9 Å². The average Bonchev–Trinajstić information content (AvgIpc) is 3.54. The minimum atomic E-state index is -0.793. The number of carbonyl (C=O) groups is 2. The molecule has 1 fully saturated rings. The number of ether oxygens (including phenoxy) is 3. The van der Waals surface area contributed by atoms with E-state index in [0.29, 0.717) is 61.1 Å². The van der Waals surface area contributed by atoms with Crippen LogP contribution in [0.1, 0.15) is 43.9 Å². The van der Waals surface area contributed by atoms with Crippen LogP contribution in [0.25, 0.3) is 5.76 Å². The molecule has 9 heteroatoms. The Morgan fingerprint density at radius 1 is 1.03 bits per heavy atom. The van der Waals surface area contributed by atoms with Gasteiger partial charge < -0.3 is 28.8 Å². The van der Waals surface area contributed by atoms with E-state index in [9.17, 15) is 14.7 Å². The minimum Gasteiger partial charge on any atom is -0.507 e. The quantitative estimate of drug-likeness (QED) is 0.212. The lowest BCUT2D eigenvalue weighted by Crippen LogP contribution is -2.31. The van der Waals surface area contributed by atoms with Crippen LogP contribution in [-0.2, 0) is 16.1 Å². The Morgan fingerprint density at radius 2 is 1.82 bits per heavy atom. The molecule has 1 amide bonds. The molecule has 1 saturated heterocycles. The molecular weight excluding hydrogens is 486 g/mol. The van der Waals surface area contributed by atoms with Gasteiger partial charge in [-0.1, -0.05) is 13.0 Å². The Hall–Kier alpha value is -4.27. The number of nitrogens with zero attached hydrogens (tertiary/aromatic N) is 3. The highest BCUT2D eigenvalue weighted by Gasteiger charge is 2.46. The number of Topliss-reactive ketones (excluding diaryl/α,β-unsaturated/α-hetero) is 1. The van der Waals surface area contributed by atoms with Crippen molar-refractivity contribution < 1.29 is 28.9 Å². The van der Waals surface area contributed by atoms with Crippen LogP contribution >= 0.6 is 0 Å². The molecule has 0 radical (unpaired) electrons. The summed E-state index contributed by atoms with van der Waals surface area (Å²) in [7, 11) is 1.54. The van der Waals surface area contributed by atoms with E-state index in [1.807, 2.05) is 24.6 Å². The molecule has 1 aliphatic rings. The van der Waals surface area contributed by atoms with Crippen molar-refractivity contribution in [2.75, 3.05) is 26.9 Å². The first-order valence-electron chi connectivity index (χ1n) is 12.8. The molecule has 1 atom stereocenters. The van der Waals surface area contributed by atoms with E-state index < -0.39 is 17.7 Å². The normalized spacial score (nSPS) is 16.6. The molecule has 4 rings (SSSR count). The van der Waals surface area contributed by atoms with Gasteiger partial charge in [-0.3, -0.25) is 9.59 Å². The molecule has 0 bridgehead atoms. The maximum absolute atomic E-state index is 13.3. The summed E-state index contributed by atoms with van der Waals surface area (Å²) < 4.78 is 18.8. The third-order valence-corrected chi connectivity index (χ3v) is 6.32. The number of likely N-dealkylation sites (tertiary alicyclic amines) is 1. The van der Waals surface area contributed by atoms with Crippen molar-refractivity contribution in [2.24, 2.45) is 0 Å². The first-order chi connectivity index (χ1) is 18.5. The van der Waals surface area contributed by atoms with E-state index in [0.717, 1.165) is 6.42 Å². The predicted molar refractivity (Wildman–Crippen MR) is 142 cm³/mol. The fourth-order valence-corrected chi connectivity index (χ4v) is 4.52. The number of amides is 1. The second kappa shape index (κ2) is 12.3. The Balaban J connectivity index is 1.74. The number of carbonyl (C=O) groups excluding carboxylic acids is 2. The van der Waals surface area contributed by atoms with Gasteiger partial charge in [-0.05, 0) is 61.7 Å². The van der Waals surface area contributed by atoms with Gasteiger partial charge in [0.05, 0.1) is 38.3 Å². The van der Waals surface area contributed by atoms with Gasteiger partial charge in [0, 0.05) is 31.0 Å². The zero-order chi connectivity index (χ0) is 27.1. The standard InChI is InChI=1S/C29H33N3O6/c1-4-17-38-23-12-9-21(18-24(23)36-3)26-25(27(33)20-7-10-22(11-8-20)37-5-2)28(34)29(35)32(26)15-6-14-31-16-13-30-19-31/h7-13,16,18-19,26,33H,4-6,14-15,17H2,1-3H3. The van der Waals surface area contributed by atoms with E-state index >= 15 is 0 Å². The molecule has 38 heavy (non-hydrogen) atoms. The Labute approximate surface area is 222 Å². The van der Waals surface area contributed by atoms with Crippen molar-refractivity contribution in [3.8, 4) is 17.2 Å². The number of aromatic nitrogens is 2. The maximum Gasteiger partial charge on any atom is 0.295 e. The summed E-state index contributed by atoms with van der Waals surface area (Å²) >= 11 is 0. The van der Waals surface area contributed by atoms with Crippen molar-refractivity contribution in [1.82, 2.24) is 14.5 Å². The van der Waals surface area contributed by atoms with Gasteiger partial charge in [0.1, 0.15) is 11.5 Å². The molecule has 0 aliphatic carbocycles. The number of aliphatic hydroxyl groups is 1. The highest BCUT2D eigenvalue weighted by atomic mass is 16.5. The summed E-state index contributed by atoms with van der Waals surface area (Å²) in [6.45, 7) is 5.87. The summed E-state index contributed by atoms with van der Waals surface area (Å²) in [6, 6.07) is 11.3. The lowest BCUT2D eigenvalue weighted by molar-refractivity contribution is -0.139. The highest BCUT2D eigenvalue weighted by molar-refractivity contribution is 6.46. The SMILES string of the molecule is CCCOc1ccc(C2C(=C(O)c3ccc(OCC)cc3)C(=O)C(=O)N2CCCn2ccnc2)cc1OC. The number of benzene rings is 2. The zero-order valence-electron chi connectivity index (χ0n) is 21.9. The fourth-order valence-electron chi connectivity index (χ4n) is 4.52. The molecular formula is C29H33N3O6. The van der Waals surface area contributed by atoms with Gasteiger partial charge in [0.2, 0.25) is 0 Å². The Bertz CT molecular complexity index is 1280. The Kier molecular flexibility index (Phi) is 8.68. The molecule has 2 aromatic carbocycles. The van der Waals surface area contributed by atoms with Crippen molar-refractivity contribution >= 4 is 17.4 Å². The third kappa shape index (κ3) is 5.66. The van der Waals surface area contributed by atoms with Crippen LogP contribution in [0, 0.1) is 0 Å². The second-order valence-electron chi connectivity index (χ2n) is 8.86. The molecule has 0 saturated carbocycles. The van der Waals surface area contributed by atoms with Gasteiger partial charge >= 0.3 is 0 Å². The largest absolute Gasteiger partial charge is 0.507 e. The van der Waals surface area contributed by atoms with Crippen LogP contribution < -0.4 is 14.2 Å². The van der Waals surface area contributed by atoms with Gasteiger partial charge in [-0.2, -0.15) is 0 Å². The van der Waals surface area contributed by atoms with Gasteiger partial charge in [-0.15, -0.1) is 0 Å².